The summed E-state index contributed by atoms with van der Waals surface area (Å²) in [6.07, 6.45) is 1.48. The molecule has 2 unspecified atom stereocenters. The van der Waals surface area contributed by atoms with Gasteiger partial charge in [0.2, 0.25) is 0 Å². The Balaban J connectivity index is 1.49. The van der Waals surface area contributed by atoms with Crippen LogP contribution in [0.5, 0.6) is 0 Å². The van der Waals surface area contributed by atoms with Gasteiger partial charge in [0.05, 0.1) is 11.1 Å². The van der Waals surface area contributed by atoms with Crippen LogP contribution in [0, 0.1) is 0 Å². The van der Waals surface area contributed by atoms with E-state index in [2.05, 4.69) is 67.6 Å². The highest BCUT2D eigenvalue weighted by molar-refractivity contribution is 7.99. The lowest BCUT2D eigenvalue weighted by atomic mass is 9.90. The molecule has 0 aliphatic rings. The van der Waals surface area contributed by atoms with Crippen LogP contribution in [0.2, 0.25) is 0 Å². The summed E-state index contributed by atoms with van der Waals surface area (Å²) in [6, 6.07) is 32.7. The number of carboxylic acids is 2. The average molecular weight is 595 g/mol. The first-order valence-corrected chi connectivity index (χ1v) is 16.3. The molecule has 0 saturated heterocycles. The Morgan fingerprint density at radius 2 is 1.12 bits per heavy atom. The topological polar surface area (TPSA) is 74.6 Å². The molecule has 0 radical (unpaired) electrons. The first-order valence-electron chi connectivity index (χ1n) is 14.2. The molecule has 0 aliphatic heterocycles. The van der Waals surface area contributed by atoms with Gasteiger partial charge in [0.1, 0.15) is 0 Å². The highest BCUT2D eigenvalue weighted by atomic mass is 32.2. The van der Waals surface area contributed by atoms with Crippen molar-refractivity contribution in [3.05, 3.63) is 130 Å². The van der Waals surface area contributed by atoms with Gasteiger partial charge in [-0.1, -0.05) is 105 Å². The Morgan fingerprint density at radius 3 is 1.60 bits per heavy atom. The molecule has 0 aliphatic carbocycles. The lowest BCUT2D eigenvalue weighted by Crippen LogP contribution is -2.16. The third-order valence-electron chi connectivity index (χ3n) is 7.66. The summed E-state index contributed by atoms with van der Waals surface area (Å²) in [6.45, 7) is 4.15. The molecule has 2 N–H and O–H groups in total. The van der Waals surface area contributed by atoms with Crippen LogP contribution in [0.1, 0.15) is 80.2 Å². The van der Waals surface area contributed by atoms with E-state index in [0.717, 1.165) is 23.3 Å². The molecule has 0 amide bonds. The summed E-state index contributed by atoms with van der Waals surface area (Å²) in [5, 5.41) is 24.9. The second kappa shape index (κ2) is 13.5. The van der Waals surface area contributed by atoms with Gasteiger partial charge in [0.15, 0.2) is 0 Å². The van der Waals surface area contributed by atoms with E-state index < -0.39 is 11.9 Å². The van der Waals surface area contributed by atoms with Gasteiger partial charge in [-0.2, -0.15) is 0 Å². The smallest absolute Gasteiger partial charge is 0.336 e. The van der Waals surface area contributed by atoms with Crippen LogP contribution in [0.4, 0.5) is 0 Å². The fourth-order valence-electron chi connectivity index (χ4n) is 5.56. The Bertz CT molecular complexity index is 1750. The number of hydrogen-bond donors (Lipinski definition) is 2. The third kappa shape index (κ3) is 6.50. The summed E-state index contributed by atoms with van der Waals surface area (Å²) in [5.41, 5.74) is 3.69. The van der Waals surface area contributed by atoms with E-state index in [-0.39, 0.29) is 21.6 Å². The van der Waals surface area contributed by atoms with E-state index in [1.165, 1.54) is 33.2 Å². The highest BCUT2D eigenvalue weighted by Gasteiger charge is 2.30. The van der Waals surface area contributed by atoms with Crippen LogP contribution in [-0.4, -0.2) is 22.2 Å². The first-order chi connectivity index (χ1) is 20.4. The van der Waals surface area contributed by atoms with Gasteiger partial charge in [-0.25, -0.2) is 9.59 Å². The predicted molar refractivity (Wildman–Crippen MR) is 177 cm³/mol. The second-order valence-electron chi connectivity index (χ2n) is 10.4. The van der Waals surface area contributed by atoms with Crippen LogP contribution < -0.4 is 0 Å². The van der Waals surface area contributed by atoms with Crippen molar-refractivity contribution in [2.24, 2.45) is 0 Å². The number of aromatic carboxylic acids is 2. The van der Waals surface area contributed by atoms with Gasteiger partial charge in [-0.3, -0.25) is 0 Å². The zero-order valence-electron chi connectivity index (χ0n) is 23.7. The van der Waals surface area contributed by atoms with Crippen LogP contribution in [0.3, 0.4) is 0 Å². The number of hydrogen-bond acceptors (Lipinski definition) is 4. The van der Waals surface area contributed by atoms with Crippen molar-refractivity contribution < 1.29 is 19.8 Å². The van der Waals surface area contributed by atoms with Gasteiger partial charge in [0.25, 0.3) is 0 Å². The maximum absolute atomic E-state index is 12.7. The van der Waals surface area contributed by atoms with E-state index in [1.807, 2.05) is 37.3 Å². The van der Waals surface area contributed by atoms with Crippen molar-refractivity contribution in [1.82, 2.24) is 0 Å². The van der Waals surface area contributed by atoms with Gasteiger partial charge in [-0.15, -0.1) is 23.5 Å². The Morgan fingerprint density at radius 1 is 0.619 bits per heavy atom. The minimum Gasteiger partial charge on any atom is -0.478 e. The van der Waals surface area contributed by atoms with Gasteiger partial charge in [0, 0.05) is 22.0 Å². The number of rotatable bonds is 12. The Hall–Kier alpha value is -3.74. The fraction of sp³-hybridized carbons (Fsp3) is 0.222. The van der Waals surface area contributed by atoms with E-state index in [0.29, 0.717) is 17.7 Å². The van der Waals surface area contributed by atoms with Gasteiger partial charge in [-0.05, 0) is 62.7 Å². The summed E-state index contributed by atoms with van der Waals surface area (Å²) in [4.78, 5) is 24.9. The summed E-state index contributed by atoms with van der Waals surface area (Å²) in [5.74, 6) is -0.942. The normalized spacial score (nSPS) is 12.8. The van der Waals surface area contributed by atoms with E-state index in [4.69, 9.17) is 0 Å². The number of fused-ring (bicyclic) bond motifs is 2. The molecule has 0 fully saturated rings. The molecule has 5 aromatic carbocycles. The summed E-state index contributed by atoms with van der Waals surface area (Å²) in [7, 11) is 0. The molecule has 0 saturated carbocycles. The maximum atomic E-state index is 12.7. The van der Waals surface area contributed by atoms with Crippen molar-refractivity contribution >= 4 is 57.0 Å². The van der Waals surface area contributed by atoms with E-state index in [1.54, 1.807) is 23.5 Å². The molecule has 42 heavy (non-hydrogen) atoms. The van der Waals surface area contributed by atoms with Crippen molar-refractivity contribution in [3.8, 4) is 0 Å². The standard InChI is InChI=1S/C36H34O4S2/c1-3-31(41-21-23-13-15-25-9-5-7-11-27(25)19-23)29-17-18-30(35(37)38)34(36(39)40)33(29)32(4-2)42-22-24-14-16-26-10-6-8-12-28(26)20-24/h5-20,31-32H,3-4,21-22H2,1-2H3,(H,37,38)(H,39,40). The first kappa shape index (κ1) is 29.7. The zero-order valence-corrected chi connectivity index (χ0v) is 25.4. The highest BCUT2D eigenvalue weighted by Crippen LogP contribution is 2.45. The van der Waals surface area contributed by atoms with E-state index >= 15 is 0 Å². The lowest BCUT2D eigenvalue weighted by molar-refractivity contribution is 0.0650. The number of thioether (sulfide) groups is 2. The number of benzene rings is 5. The van der Waals surface area contributed by atoms with Crippen molar-refractivity contribution in [2.75, 3.05) is 0 Å². The Kier molecular flexibility index (Phi) is 9.55. The van der Waals surface area contributed by atoms with Gasteiger partial charge >= 0.3 is 11.9 Å². The molecular formula is C36H34O4S2. The molecule has 0 bridgehead atoms. The largest absolute Gasteiger partial charge is 0.478 e. The molecule has 2 atom stereocenters. The minimum atomic E-state index is -1.22. The Labute approximate surface area is 255 Å². The summed E-state index contributed by atoms with van der Waals surface area (Å²) < 4.78 is 0. The average Bonchev–Trinajstić information content (AvgIpc) is 3.01. The zero-order chi connectivity index (χ0) is 29.6. The van der Waals surface area contributed by atoms with E-state index in [9.17, 15) is 19.8 Å². The van der Waals surface area contributed by atoms with Crippen LogP contribution in [-0.2, 0) is 11.5 Å². The molecule has 5 rings (SSSR count). The van der Waals surface area contributed by atoms with Crippen molar-refractivity contribution in [1.29, 1.82) is 0 Å². The van der Waals surface area contributed by atoms with Crippen molar-refractivity contribution in [3.63, 3.8) is 0 Å². The summed E-state index contributed by atoms with van der Waals surface area (Å²) >= 11 is 3.46. The predicted octanol–water partition coefficient (Wildman–Crippen LogP) is 10.2. The minimum absolute atomic E-state index is 0.0164. The molecule has 4 nitrogen and oxygen atoms in total. The molecule has 0 aromatic heterocycles. The lowest BCUT2D eigenvalue weighted by Gasteiger charge is -2.26. The van der Waals surface area contributed by atoms with Crippen LogP contribution in [0.25, 0.3) is 21.5 Å². The molecular weight excluding hydrogens is 561 g/mol. The SMILES string of the molecule is CCC(SCc1ccc2ccccc2c1)c1ccc(C(=O)O)c(C(=O)O)c1C(CC)SCc1ccc2ccccc2c1. The van der Waals surface area contributed by atoms with Crippen LogP contribution >= 0.6 is 23.5 Å². The van der Waals surface area contributed by atoms with Crippen molar-refractivity contribution in [2.45, 2.75) is 48.7 Å². The molecule has 5 aromatic rings. The quantitative estimate of drug-likeness (QED) is 0.150. The monoisotopic (exact) mass is 594 g/mol. The van der Waals surface area contributed by atoms with Gasteiger partial charge < -0.3 is 10.2 Å². The molecule has 214 valence electrons. The molecule has 6 heteroatoms. The number of carbonyl (C=O) groups is 2. The molecule has 0 spiro atoms. The maximum Gasteiger partial charge on any atom is 0.336 e. The third-order valence-corrected chi connectivity index (χ3v) is 10.6. The molecule has 0 heterocycles. The van der Waals surface area contributed by atoms with Crippen LogP contribution in [0.15, 0.2) is 97.1 Å². The number of carboxylic acid groups (broad SMARTS) is 2. The second-order valence-corrected chi connectivity index (χ2v) is 12.8. The fourth-order valence-corrected chi connectivity index (χ4v) is 7.98.